The molecule has 0 heterocycles. The van der Waals surface area contributed by atoms with E-state index < -0.39 is 7.60 Å². The fourth-order valence-corrected chi connectivity index (χ4v) is 2.50. The standard InChI is InChI=1S/C8H11ClNO3P/c1-12-14(11,13-2)8-5-6(9)3-4-7(8)10/h3-5H,10H2,1-2H3. The molecule has 0 bridgehead atoms. The molecular weight excluding hydrogens is 225 g/mol. The highest BCUT2D eigenvalue weighted by Crippen LogP contribution is 2.46. The molecule has 4 nitrogen and oxygen atoms in total. The lowest BCUT2D eigenvalue weighted by Gasteiger charge is -2.15. The molecule has 0 spiro atoms. The van der Waals surface area contributed by atoms with Crippen molar-refractivity contribution in [1.29, 1.82) is 0 Å². The van der Waals surface area contributed by atoms with Crippen LogP contribution < -0.4 is 11.0 Å². The van der Waals surface area contributed by atoms with Crippen LogP contribution in [0.5, 0.6) is 0 Å². The molecule has 1 rings (SSSR count). The fourth-order valence-electron chi connectivity index (χ4n) is 1.03. The van der Waals surface area contributed by atoms with Gasteiger partial charge in [-0.1, -0.05) is 11.6 Å². The van der Waals surface area contributed by atoms with Crippen LogP contribution in [0, 0.1) is 0 Å². The topological polar surface area (TPSA) is 61.5 Å². The van der Waals surface area contributed by atoms with Gasteiger partial charge in [0.15, 0.2) is 0 Å². The normalized spacial score (nSPS) is 11.6. The minimum absolute atomic E-state index is 0.287. The third kappa shape index (κ3) is 2.10. The van der Waals surface area contributed by atoms with Crippen molar-refractivity contribution < 1.29 is 13.6 Å². The molecule has 0 amide bonds. The van der Waals surface area contributed by atoms with Crippen LogP contribution in [0.25, 0.3) is 0 Å². The zero-order chi connectivity index (χ0) is 10.8. The first-order chi connectivity index (χ1) is 6.53. The SMILES string of the molecule is COP(=O)(OC)c1cc(Cl)ccc1N. The Morgan fingerprint density at radius 1 is 1.36 bits per heavy atom. The van der Waals surface area contributed by atoms with E-state index in [1.807, 2.05) is 0 Å². The van der Waals surface area contributed by atoms with E-state index in [1.54, 1.807) is 12.1 Å². The van der Waals surface area contributed by atoms with Gasteiger partial charge in [-0.2, -0.15) is 0 Å². The van der Waals surface area contributed by atoms with Gasteiger partial charge in [-0.15, -0.1) is 0 Å². The molecule has 6 heteroatoms. The van der Waals surface area contributed by atoms with E-state index in [4.69, 9.17) is 26.4 Å². The van der Waals surface area contributed by atoms with Crippen LogP contribution in [0.4, 0.5) is 5.69 Å². The van der Waals surface area contributed by atoms with Crippen LogP contribution in [0.1, 0.15) is 0 Å². The average molecular weight is 236 g/mol. The minimum atomic E-state index is -3.31. The summed E-state index contributed by atoms with van der Waals surface area (Å²) in [6.45, 7) is 0. The zero-order valence-electron chi connectivity index (χ0n) is 7.86. The summed E-state index contributed by atoms with van der Waals surface area (Å²) in [6.07, 6.45) is 0. The van der Waals surface area contributed by atoms with E-state index in [-0.39, 0.29) is 5.30 Å². The number of halogens is 1. The van der Waals surface area contributed by atoms with Gasteiger partial charge in [0.1, 0.15) is 0 Å². The Kier molecular flexibility index (Phi) is 3.56. The Morgan fingerprint density at radius 3 is 2.43 bits per heavy atom. The molecule has 0 fully saturated rings. The molecule has 0 unspecified atom stereocenters. The molecule has 1 aromatic carbocycles. The molecule has 1 aromatic rings. The molecule has 14 heavy (non-hydrogen) atoms. The summed E-state index contributed by atoms with van der Waals surface area (Å²) in [5.74, 6) is 0. The van der Waals surface area contributed by atoms with Gasteiger partial charge >= 0.3 is 7.60 Å². The monoisotopic (exact) mass is 235 g/mol. The van der Waals surface area contributed by atoms with E-state index in [2.05, 4.69) is 0 Å². The first kappa shape index (κ1) is 11.5. The highest BCUT2D eigenvalue weighted by atomic mass is 35.5. The van der Waals surface area contributed by atoms with Crippen molar-refractivity contribution in [3.8, 4) is 0 Å². The third-order valence-corrected chi connectivity index (χ3v) is 3.94. The predicted octanol–water partition coefficient (Wildman–Crippen LogP) is 2.03. The van der Waals surface area contributed by atoms with Crippen molar-refractivity contribution in [2.24, 2.45) is 0 Å². The van der Waals surface area contributed by atoms with Gasteiger partial charge in [0.2, 0.25) is 0 Å². The summed E-state index contributed by atoms with van der Waals surface area (Å²) in [5, 5.41) is 0.721. The maximum Gasteiger partial charge on any atom is 0.362 e. The molecule has 0 aliphatic carbocycles. The molecule has 2 N–H and O–H groups in total. The smallest absolute Gasteiger partial charge is 0.362 e. The van der Waals surface area contributed by atoms with E-state index in [0.717, 1.165) is 0 Å². The first-order valence-electron chi connectivity index (χ1n) is 3.80. The average Bonchev–Trinajstić information content (AvgIpc) is 2.20. The number of hydrogen-bond acceptors (Lipinski definition) is 4. The van der Waals surface area contributed by atoms with Gasteiger partial charge in [0, 0.05) is 24.9 Å². The van der Waals surface area contributed by atoms with E-state index in [1.165, 1.54) is 20.3 Å². The number of benzene rings is 1. The second kappa shape index (κ2) is 4.32. The maximum absolute atomic E-state index is 11.9. The Balaban J connectivity index is 3.30. The van der Waals surface area contributed by atoms with Crippen LogP contribution in [0.2, 0.25) is 5.02 Å². The predicted molar refractivity (Wildman–Crippen MR) is 57.1 cm³/mol. The fraction of sp³-hybridized carbons (Fsp3) is 0.250. The summed E-state index contributed by atoms with van der Waals surface area (Å²) in [7, 11) is -0.715. The summed E-state index contributed by atoms with van der Waals surface area (Å²) in [6, 6.07) is 4.64. The molecular formula is C8H11ClNO3P. The molecule has 0 saturated heterocycles. The van der Waals surface area contributed by atoms with Gasteiger partial charge in [0.05, 0.1) is 5.30 Å². The van der Waals surface area contributed by atoms with E-state index in [9.17, 15) is 4.57 Å². The largest absolute Gasteiger partial charge is 0.398 e. The summed E-state index contributed by atoms with van der Waals surface area (Å²) < 4.78 is 21.5. The van der Waals surface area contributed by atoms with Crippen LogP contribution >= 0.6 is 19.2 Å². The Labute approximate surface area is 87.5 Å². The Morgan fingerprint density at radius 2 is 1.93 bits per heavy atom. The molecule has 0 aliphatic heterocycles. The maximum atomic E-state index is 11.9. The highest BCUT2D eigenvalue weighted by molar-refractivity contribution is 7.62. The molecule has 78 valence electrons. The lowest BCUT2D eigenvalue weighted by Crippen LogP contribution is -2.12. The lowest BCUT2D eigenvalue weighted by atomic mass is 10.3. The Bertz CT molecular complexity index is 375. The second-order valence-electron chi connectivity index (χ2n) is 2.57. The van der Waals surface area contributed by atoms with Crippen molar-refractivity contribution in [3.63, 3.8) is 0 Å². The van der Waals surface area contributed by atoms with Crippen molar-refractivity contribution in [3.05, 3.63) is 23.2 Å². The van der Waals surface area contributed by atoms with E-state index >= 15 is 0 Å². The number of nitrogen functional groups attached to an aromatic ring is 1. The van der Waals surface area contributed by atoms with E-state index in [0.29, 0.717) is 10.7 Å². The van der Waals surface area contributed by atoms with Gasteiger partial charge in [-0.25, -0.2) is 0 Å². The number of rotatable bonds is 3. The minimum Gasteiger partial charge on any atom is -0.398 e. The van der Waals surface area contributed by atoms with Crippen LogP contribution in [-0.4, -0.2) is 14.2 Å². The zero-order valence-corrected chi connectivity index (χ0v) is 9.51. The number of anilines is 1. The van der Waals surface area contributed by atoms with Crippen molar-refractivity contribution in [2.75, 3.05) is 20.0 Å². The van der Waals surface area contributed by atoms with Crippen LogP contribution in [0.15, 0.2) is 18.2 Å². The van der Waals surface area contributed by atoms with Crippen molar-refractivity contribution in [2.45, 2.75) is 0 Å². The first-order valence-corrected chi connectivity index (χ1v) is 5.72. The lowest BCUT2D eigenvalue weighted by molar-refractivity contribution is 0.287. The highest BCUT2D eigenvalue weighted by Gasteiger charge is 2.27. The van der Waals surface area contributed by atoms with Gasteiger partial charge in [0.25, 0.3) is 0 Å². The van der Waals surface area contributed by atoms with Gasteiger partial charge in [-0.3, -0.25) is 4.57 Å². The molecule has 0 saturated carbocycles. The summed E-state index contributed by atoms with van der Waals surface area (Å²) in [4.78, 5) is 0. The van der Waals surface area contributed by atoms with Crippen LogP contribution in [0.3, 0.4) is 0 Å². The summed E-state index contributed by atoms with van der Waals surface area (Å²) in [5.41, 5.74) is 5.97. The molecule has 0 atom stereocenters. The summed E-state index contributed by atoms with van der Waals surface area (Å²) >= 11 is 5.75. The quantitative estimate of drug-likeness (QED) is 0.643. The van der Waals surface area contributed by atoms with Crippen LogP contribution in [-0.2, 0) is 13.6 Å². The van der Waals surface area contributed by atoms with Crippen molar-refractivity contribution >= 4 is 30.2 Å². The molecule has 0 radical (unpaired) electrons. The van der Waals surface area contributed by atoms with Crippen molar-refractivity contribution in [1.82, 2.24) is 0 Å². The van der Waals surface area contributed by atoms with Gasteiger partial charge in [-0.05, 0) is 18.2 Å². The number of nitrogens with two attached hydrogens (primary N) is 1. The van der Waals surface area contributed by atoms with Gasteiger partial charge < -0.3 is 14.8 Å². The third-order valence-electron chi connectivity index (χ3n) is 1.77. The Hall–Kier alpha value is -0.540. The second-order valence-corrected chi connectivity index (χ2v) is 5.21. The number of hydrogen-bond donors (Lipinski definition) is 1. The molecule has 0 aliphatic rings. The molecule has 0 aromatic heterocycles.